The Morgan fingerprint density at radius 1 is 1.38 bits per heavy atom. The van der Waals surface area contributed by atoms with Crippen LogP contribution in [0.5, 0.6) is 0 Å². The highest BCUT2D eigenvalue weighted by atomic mass is 32.2. The van der Waals surface area contributed by atoms with Gasteiger partial charge in [-0.1, -0.05) is 0 Å². The predicted molar refractivity (Wildman–Crippen MR) is 78.1 cm³/mol. The normalized spacial score (nSPS) is 11.4. The van der Waals surface area contributed by atoms with Crippen molar-refractivity contribution in [2.45, 2.75) is 25.3 Å². The first kappa shape index (κ1) is 15.2. The molecule has 0 aliphatic heterocycles. The second-order valence-electron chi connectivity index (χ2n) is 4.71. The topological polar surface area (TPSA) is 107 Å². The molecular formula is C13H16N4O3S. The van der Waals surface area contributed by atoms with E-state index >= 15 is 0 Å². The summed E-state index contributed by atoms with van der Waals surface area (Å²) in [6, 6.07) is 4.55. The molecule has 1 amide bonds. The number of carbonyl (C=O) groups excluding carboxylic acids is 1. The number of amides is 1. The Balaban J connectivity index is 2.27. The second-order valence-corrected chi connectivity index (χ2v) is 6.27. The largest absolute Gasteiger partial charge is 0.324 e. The Bertz CT molecular complexity index is 767. The number of anilines is 1. The third-order valence-corrected chi connectivity index (χ3v) is 4.00. The van der Waals surface area contributed by atoms with Crippen LogP contribution < -0.4 is 10.5 Å². The summed E-state index contributed by atoms with van der Waals surface area (Å²) in [5.74, 6) is -0.298. The summed E-state index contributed by atoms with van der Waals surface area (Å²) in [5.41, 5.74) is 1.95. The third kappa shape index (κ3) is 3.67. The molecule has 3 N–H and O–H groups in total. The van der Waals surface area contributed by atoms with Crippen LogP contribution in [-0.2, 0) is 21.4 Å². The molecule has 0 fully saturated rings. The number of sulfonamides is 1. The van der Waals surface area contributed by atoms with Crippen LogP contribution in [0, 0.1) is 13.8 Å². The molecule has 0 bridgehead atoms. The van der Waals surface area contributed by atoms with Crippen LogP contribution in [0.2, 0.25) is 0 Å². The van der Waals surface area contributed by atoms with Crippen LogP contribution in [0.4, 0.5) is 5.69 Å². The summed E-state index contributed by atoms with van der Waals surface area (Å²) < 4.78 is 24.4. The van der Waals surface area contributed by atoms with Crippen molar-refractivity contribution in [1.82, 2.24) is 9.78 Å². The first-order valence-electron chi connectivity index (χ1n) is 6.18. The maximum Gasteiger partial charge on any atom is 0.246 e. The number of primary sulfonamides is 1. The lowest BCUT2D eigenvalue weighted by molar-refractivity contribution is -0.116. The van der Waals surface area contributed by atoms with Crippen molar-refractivity contribution >= 4 is 21.6 Å². The van der Waals surface area contributed by atoms with Gasteiger partial charge in [-0.15, -0.1) is 0 Å². The number of nitrogens with zero attached hydrogens (tertiary/aromatic N) is 2. The zero-order chi connectivity index (χ0) is 15.6. The molecule has 8 heteroatoms. The van der Waals surface area contributed by atoms with E-state index in [1.165, 1.54) is 16.8 Å². The Labute approximate surface area is 122 Å². The number of aryl methyl sites for hydroxylation is 1. The molecule has 7 nitrogen and oxygen atoms in total. The van der Waals surface area contributed by atoms with Crippen LogP contribution in [0.15, 0.2) is 35.5 Å². The predicted octanol–water partition coefficient (Wildman–Crippen LogP) is 0.786. The van der Waals surface area contributed by atoms with Gasteiger partial charge in [0.15, 0.2) is 0 Å². The molecule has 2 aromatic rings. The fourth-order valence-corrected chi connectivity index (χ4v) is 2.47. The van der Waals surface area contributed by atoms with Gasteiger partial charge in [-0.05, 0) is 43.2 Å². The van der Waals surface area contributed by atoms with Crippen molar-refractivity contribution in [1.29, 1.82) is 0 Å². The fraction of sp³-hybridized carbons (Fsp3) is 0.231. The number of rotatable bonds is 4. The van der Waals surface area contributed by atoms with Gasteiger partial charge in [-0.25, -0.2) is 13.6 Å². The third-order valence-electron chi connectivity index (χ3n) is 3.11. The van der Waals surface area contributed by atoms with E-state index in [2.05, 4.69) is 10.4 Å². The molecule has 0 spiro atoms. The average Bonchev–Trinajstić information content (AvgIpc) is 2.86. The van der Waals surface area contributed by atoms with E-state index in [4.69, 9.17) is 5.14 Å². The van der Waals surface area contributed by atoms with Crippen molar-refractivity contribution in [3.63, 3.8) is 0 Å². The lowest BCUT2D eigenvalue weighted by atomic mass is 10.1. The standard InChI is InChI=1S/C13H16N4O3S/c1-9-6-11(21(14,19)20)7-12(10(9)2)16-13(18)8-17-5-3-4-15-17/h3-7H,8H2,1-2H3,(H,16,18)(H2,14,19,20). The lowest BCUT2D eigenvalue weighted by Gasteiger charge is -2.12. The minimum atomic E-state index is -3.82. The number of nitrogens with two attached hydrogens (primary N) is 1. The van der Waals surface area contributed by atoms with E-state index < -0.39 is 10.0 Å². The molecule has 0 unspecified atom stereocenters. The number of aromatic nitrogens is 2. The van der Waals surface area contributed by atoms with Gasteiger partial charge < -0.3 is 5.32 Å². The minimum absolute atomic E-state index is 0.0278. The maximum atomic E-state index is 12.0. The summed E-state index contributed by atoms with van der Waals surface area (Å²) >= 11 is 0. The van der Waals surface area contributed by atoms with Gasteiger partial charge in [0.25, 0.3) is 0 Å². The summed E-state index contributed by atoms with van der Waals surface area (Å²) in [6.07, 6.45) is 3.24. The van der Waals surface area contributed by atoms with Crippen molar-refractivity contribution < 1.29 is 13.2 Å². The number of hydrogen-bond donors (Lipinski definition) is 2. The van der Waals surface area contributed by atoms with Crippen LogP contribution >= 0.6 is 0 Å². The highest BCUT2D eigenvalue weighted by Gasteiger charge is 2.14. The van der Waals surface area contributed by atoms with Crippen LogP contribution in [0.1, 0.15) is 11.1 Å². The van der Waals surface area contributed by atoms with Crippen LogP contribution in [0.25, 0.3) is 0 Å². The van der Waals surface area contributed by atoms with Crippen LogP contribution in [-0.4, -0.2) is 24.1 Å². The van der Waals surface area contributed by atoms with E-state index in [1.807, 2.05) is 0 Å². The molecule has 1 aromatic carbocycles. The summed E-state index contributed by atoms with van der Waals surface area (Å²) in [4.78, 5) is 11.9. The molecule has 112 valence electrons. The van der Waals surface area contributed by atoms with Gasteiger partial charge in [0.05, 0.1) is 4.90 Å². The number of hydrogen-bond acceptors (Lipinski definition) is 4. The first-order valence-corrected chi connectivity index (χ1v) is 7.73. The Kier molecular flexibility index (Phi) is 4.10. The number of carbonyl (C=O) groups is 1. The Morgan fingerprint density at radius 3 is 2.67 bits per heavy atom. The molecular weight excluding hydrogens is 292 g/mol. The van der Waals surface area contributed by atoms with Gasteiger partial charge in [0.2, 0.25) is 15.9 Å². The first-order chi connectivity index (χ1) is 9.77. The van der Waals surface area contributed by atoms with Gasteiger partial charge in [-0.3, -0.25) is 9.48 Å². The van der Waals surface area contributed by atoms with E-state index in [1.54, 1.807) is 32.3 Å². The Hall–Kier alpha value is -2.19. The van der Waals surface area contributed by atoms with Crippen molar-refractivity contribution in [2.24, 2.45) is 5.14 Å². The monoisotopic (exact) mass is 308 g/mol. The van der Waals surface area contributed by atoms with Crippen molar-refractivity contribution in [2.75, 3.05) is 5.32 Å². The van der Waals surface area contributed by atoms with E-state index in [0.29, 0.717) is 5.69 Å². The molecule has 1 aromatic heterocycles. The summed E-state index contributed by atoms with van der Waals surface area (Å²) in [7, 11) is -3.82. The second kappa shape index (κ2) is 5.66. The lowest BCUT2D eigenvalue weighted by Crippen LogP contribution is -2.20. The minimum Gasteiger partial charge on any atom is -0.324 e. The molecule has 0 atom stereocenters. The smallest absolute Gasteiger partial charge is 0.246 e. The molecule has 0 saturated heterocycles. The highest BCUT2D eigenvalue weighted by molar-refractivity contribution is 7.89. The highest BCUT2D eigenvalue weighted by Crippen LogP contribution is 2.23. The van der Waals surface area contributed by atoms with E-state index in [0.717, 1.165) is 11.1 Å². The molecule has 2 rings (SSSR count). The number of benzene rings is 1. The van der Waals surface area contributed by atoms with E-state index in [9.17, 15) is 13.2 Å². The molecule has 1 heterocycles. The summed E-state index contributed by atoms with van der Waals surface area (Å²) in [6.45, 7) is 3.60. The Morgan fingerprint density at radius 2 is 2.10 bits per heavy atom. The molecule has 0 saturated carbocycles. The van der Waals surface area contributed by atoms with Crippen molar-refractivity contribution in [3.05, 3.63) is 41.7 Å². The molecule has 0 aliphatic carbocycles. The van der Waals surface area contributed by atoms with Crippen molar-refractivity contribution in [3.8, 4) is 0 Å². The van der Waals surface area contributed by atoms with E-state index in [-0.39, 0.29) is 17.3 Å². The quantitative estimate of drug-likeness (QED) is 0.870. The zero-order valence-electron chi connectivity index (χ0n) is 11.7. The average molecular weight is 308 g/mol. The van der Waals surface area contributed by atoms with Gasteiger partial charge in [0, 0.05) is 18.1 Å². The SMILES string of the molecule is Cc1cc(S(N)(=O)=O)cc(NC(=O)Cn2cccn2)c1C. The number of nitrogens with one attached hydrogen (secondary N) is 1. The molecule has 0 aliphatic rings. The zero-order valence-corrected chi connectivity index (χ0v) is 12.5. The van der Waals surface area contributed by atoms with Gasteiger partial charge in [-0.2, -0.15) is 5.10 Å². The van der Waals surface area contributed by atoms with Gasteiger partial charge in [0.1, 0.15) is 6.54 Å². The molecule has 0 radical (unpaired) electrons. The molecule has 21 heavy (non-hydrogen) atoms. The summed E-state index contributed by atoms with van der Waals surface area (Å²) in [5, 5.41) is 11.7. The van der Waals surface area contributed by atoms with Gasteiger partial charge >= 0.3 is 0 Å². The van der Waals surface area contributed by atoms with Crippen LogP contribution in [0.3, 0.4) is 0 Å². The fourth-order valence-electron chi connectivity index (χ4n) is 1.85. The maximum absolute atomic E-state index is 12.0.